The van der Waals surface area contributed by atoms with Gasteiger partial charge < -0.3 is 15.5 Å². The third-order valence-corrected chi connectivity index (χ3v) is 4.90. The van der Waals surface area contributed by atoms with Gasteiger partial charge >= 0.3 is 0 Å². The Balaban J connectivity index is 0.00000208. The van der Waals surface area contributed by atoms with Crippen LogP contribution in [0.2, 0.25) is 0 Å². The summed E-state index contributed by atoms with van der Waals surface area (Å²) in [7, 11) is 0. The van der Waals surface area contributed by atoms with Crippen LogP contribution in [0.5, 0.6) is 0 Å². The quantitative estimate of drug-likeness (QED) is 0.905. The molecule has 2 amide bonds. The van der Waals surface area contributed by atoms with E-state index in [9.17, 15) is 9.59 Å². The summed E-state index contributed by atoms with van der Waals surface area (Å²) in [6.45, 7) is 3.97. The fourth-order valence-corrected chi connectivity index (χ4v) is 3.50. The number of nitrogens with zero attached hydrogens (tertiary/aromatic N) is 2. The molecular formula is C18H26ClN3O2. The zero-order valence-corrected chi connectivity index (χ0v) is 14.9. The summed E-state index contributed by atoms with van der Waals surface area (Å²) >= 11 is 0. The molecule has 6 heteroatoms. The number of benzene rings is 1. The Morgan fingerprint density at radius 2 is 1.96 bits per heavy atom. The maximum absolute atomic E-state index is 12.7. The highest BCUT2D eigenvalue weighted by Crippen LogP contribution is 2.27. The summed E-state index contributed by atoms with van der Waals surface area (Å²) in [6.07, 6.45) is 3.21. The zero-order valence-electron chi connectivity index (χ0n) is 14.1. The Bertz CT molecular complexity index is 590. The van der Waals surface area contributed by atoms with Crippen molar-refractivity contribution in [2.24, 2.45) is 11.7 Å². The molecule has 2 saturated heterocycles. The molecule has 2 N–H and O–H groups in total. The van der Waals surface area contributed by atoms with Gasteiger partial charge in [0.1, 0.15) is 0 Å². The molecule has 1 aromatic carbocycles. The lowest BCUT2D eigenvalue weighted by atomic mass is 10.0. The number of halogens is 1. The van der Waals surface area contributed by atoms with Gasteiger partial charge in [0.15, 0.2) is 0 Å². The number of amides is 2. The molecule has 2 fully saturated rings. The number of rotatable bonds is 3. The van der Waals surface area contributed by atoms with Crippen LogP contribution in [0, 0.1) is 5.92 Å². The lowest BCUT2D eigenvalue weighted by Gasteiger charge is -2.32. The van der Waals surface area contributed by atoms with Crippen LogP contribution in [0.1, 0.15) is 31.7 Å². The average molecular weight is 352 g/mol. The van der Waals surface area contributed by atoms with Crippen LogP contribution in [-0.4, -0.2) is 42.4 Å². The van der Waals surface area contributed by atoms with E-state index in [1.165, 1.54) is 5.56 Å². The van der Waals surface area contributed by atoms with Gasteiger partial charge in [-0.1, -0.05) is 19.1 Å². The standard InChI is InChI=1S/C18H25N3O2.ClH/c1-2-13-5-7-16(8-6-13)21-11-14(10-17(21)22)18(23)20-9-3-4-15(19)12-20;/h5-8,14-15H,2-4,9-12,19H2,1H3;1H. The second-order valence-electron chi connectivity index (χ2n) is 6.61. The van der Waals surface area contributed by atoms with Crippen LogP contribution >= 0.6 is 12.4 Å². The second-order valence-corrected chi connectivity index (χ2v) is 6.61. The number of nitrogens with two attached hydrogens (primary N) is 1. The molecule has 132 valence electrons. The largest absolute Gasteiger partial charge is 0.341 e. The summed E-state index contributed by atoms with van der Waals surface area (Å²) in [5.41, 5.74) is 8.10. The minimum atomic E-state index is -0.237. The molecule has 0 aliphatic carbocycles. The number of hydrogen-bond donors (Lipinski definition) is 1. The maximum atomic E-state index is 12.7. The molecular weight excluding hydrogens is 326 g/mol. The molecule has 2 aliphatic heterocycles. The molecule has 2 atom stereocenters. The second kappa shape index (κ2) is 7.99. The Kier molecular flexibility index (Phi) is 6.24. The van der Waals surface area contributed by atoms with Gasteiger partial charge in [0.2, 0.25) is 11.8 Å². The molecule has 5 nitrogen and oxygen atoms in total. The smallest absolute Gasteiger partial charge is 0.228 e. The maximum Gasteiger partial charge on any atom is 0.228 e. The Morgan fingerprint density at radius 1 is 1.25 bits per heavy atom. The minimum absolute atomic E-state index is 0. The molecule has 0 spiro atoms. The van der Waals surface area contributed by atoms with Crippen molar-refractivity contribution in [2.75, 3.05) is 24.5 Å². The average Bonchev–Trinajstić information content (AvgIpc) is 2.96. The third-order valence-electron chi connectivity index (χ3n) is 4.90. The first-order chi connectivity index (χ1) is 11.1. The molecule has 2 unspecified atom stereocenters. The highest BCUT2D eigenvalue weighted by atomic mass is 35.5. The summed E-state index contributed by atoms with van der Waals surface area (Å²) < 4.78 is 0. The fourth-order valence-electron chi connectivity index (χ4n) is 3.50. The molecule has 0 aromatic heterocycles. The number of anilines is 1. The van der Waals surface area contributed by atoms with Gasteiger partial charge in [-0.25, -0.2) is 0 Å². The van der Waals surface area contributed by atoms with Crippen LogP contribution in [0.3, 0.4) is 0 Å². The zero-order chi connectivity index (χ0) is 16.4. The van der Waals surface area contributed by atoms with Crippen LogP contribution in [-0.2, 0) is 16.0 Å². The molecule has 2 heterocycles. The van der Waals surface area contributed by atoms with Crippen LogP contribution in [0.15, 0.2) is 24.3 Å². The normalized spacial score (nSPS) is 24.0. The SMILES string of the molecule is CCc1ccc(N2CC(C(=O)N3CCCC(N)C3)CC2=O)cc1.Cl. The van der Waals surface area contributed by atoms with Gasteiger partial charge in [0.25, 0.3) is 0 Å². The highest BCUT2D eigenvalue weighted by molar-refractivity contribution is 6.00. The van der Waals surface area contributed by atoms with Gasteiger partial charge in [-0.05, 0) is 37.0 Å². The van der Waals surface area contributed by atoms with E-state index in [-0.39, 0.29) is 36.2 Å². The van der Waals surface area contributed by atoms with Crippen molar-refractivity contribution in [1.82, 2.24) is 4.90 Å². The third kappa shape index (κ3) is 3.90. The lowest BCUT2D eigenvalue weighted by molar-refractivity contribution is -0.136. The Morgan fingerprint density at radius 3 is 2.58 bits per heavy atom. The number of hydrogen-bond acceptors (Lipinski definition) is 3. The molecule has 3 rings (SSSR count). The monoisotopic (exact) mass is 351 g/mol. The summed E-state index contributed by atoms with van der Waals surface area (Å²) in [6, 6.07) is 8.10. The van der Waals surface area contributed by atoms with Gasteiger partial charge in [-0.3, -0.25) is 9.59 Å². The van der Waals surface area contributed by atoms with Crippen molar-refractivity contribution in [1.29, 1.82) is 0 Å². The summed E-state index contributed by atoms with van der Waals surface area (Å²) in [4.78, 5) is 28.6. The van der Waals surface area contributed by atoms with Gasteiger partial charge in [-0.2, -0.15) is 0 Å². The van der Waals surface area contributed by atoms with Gasteiger partial charge in [0.05, 0.1) is 5.92 Å². The van der Waals surface area contributed by atoms with Crippen molar-refractivity contribution >= 4 is 29.9 Å². The predicted octanol–water partition coefficient (Wildman–Crippen LogP) is 1.97. The van der Waals surface area contributed by atoms with Crippen molar-refractivity contribution in [3.8, 4) is 0 Å². The highest BCUT2D eigenvalue weighted by Gasteiger charge is 2.37. The van der Waals surface area contributed by atoms with Crippen molar-refractivity contribution < 1.29 is 9.59 Å². The molecule has 0 radical (unpaired) electrons. The first-order valence-corrected chi connectivity index (χ1v) is 8.52. The first-order valence-electron chi connectivity index (χ1n) is 8.52. The van der Waals surface area contributed by atoms with Gasteiger partial charge in [0, 0.05) is 37.8 Å². The number of piperidine rings is 1. The topological polar surface area (TPSA) is 66.6 Å². The molecule has 2 aliphatic rings. The van der Waals surface area contributed by atoms with E-state index in [0.29, 0.717) is 19.5 Å². The number of carbonyl (C=O) groups is 2. The Labute approximate surface area is 149 Å². The van der Waals surface area contributed by atoms with Crippen molar-refractivity contribution in [3.05, 3.63) is 29.8 Å². The van der Waals surface area contributed by atoms with E-state index in [4.69, 9.17) is 5.73 Å². The van der Waals surface area contributed by atoms with Crippen molar-refractivity contribution in [3.63, 3.8) is 0 Å². The predicted molar refractivity (Wildman–Crippen MR) is 97.3 cm³/mol. The summed E-state index contributed by atoms with van der Waals surface area (Å²) in [5.74, 6) is -0.117. The first kappa shape index (κ1) is 18.7. The van der Waals surface area contributed by atoms with Crippen LogP contribution < -0.4 is 10.6 Å². The van der Waals surface area contributed by atoms with E-state index in [1.807, 2.05) is 29.2 Å². The molecule has 1 aromatic rings. The fraction of sp³-hybridized carbons (Fsp3) is 0.556. The van der Waals surface area contributed by atoms with E-state index >= 15 is 0 Å². The Hall–Kier alpha value is -1.59. The summed E-state index contributed by atoms with van der Waals surface area (Å²) in [5, 5.41) is 0. The van der Waals surface area contributed by atoms with E-state index < -0.39 is 0 Å². The van der Waals surface area contributed by atoms with Crippen LogP contribution in [0.25, 0.3) is 0 Å². The minimum Gasteiger partial charge on any atom is -0.341 e. The van der Waals surface area contributed by atoms with Gasteiger partial charge in [-0.15, -0.1) is 12.4 Å². The number of aryl methyl sites for hydroxylation is 1. The van der Waals surface area contributed by atoms with E-state index in [2.05, 4.69) is 6.92 Å². The molecule has 0 saturated carbocycles. The van der Waals surface area contributed by atoms with Crippen LogP contribution in [0.4, 0.5) is 5.69 Å². The van der Waals surface area contributed by atoms with E-state index in [1.54, 1.807) is 4.90 Å². The number of likely N-dealkylation sites (tertiary alicyclic amines) is 1. The van der Waals surface area contributed by atoms with E-state index in [0.717, 1.165) is 31.5 Å². The van der Waals surface area contributed by atoms with Crippen molar-refractivity contribution in [2.45, 2.75) is 38.6 Å². The molecule has 0 bridgehead atoms. The number of carbonyl (C=O) groups excluding carboxylic acids is 2. The lowest BCUT2D eigenvalue weighted by Crippen LogP contribution is -2.48. The molecule has 24 heavy (non-hydrogen) atoms.